The summed E-state index contributed by atoms with van der Waals surface area (Å²) in [5.41, 5.74) is 2.48. The number of benzene rings is 1. The second-order valence-electron chi connectivity index (χ2n) is 7.58. The van der Waals surface area contributed by atoms with E-state index in [0.29, 0.717) is 12.5 Å². The van der Waals surface area contributed by atoms with Gasteiger partial charge < -0.3 is 19.8 Å². The number of carbonyl (C=O) groups excluding carboxylic acids is 1. The van der Waals surface area contributed by atoms with Gasteiger partial charge in [0.2, 0.25) is 5.91 Å². The molecule has 1 saturated heterocycles. The summed E-state index contributed by atoms with van der Waals surface area (Å²) in [6.45, 7) is 0.711. The Labute approximate surface area is 154 Å². The summed E-state index contributed by atoms with van der Waals surface area (Å²) >= 11 is 0. The van der Waals surface area contributed by atoms with Gasteiger partial charge in [0.05, 0.1) is 7.11 Å². The third-order valence-corrected chi connectivity index (χ3v) is 5.85. The lowest BCUT2D eigenvalue weighted by Crippen LogP contribution is -2.45. The van der Waals surface area contributed by atoms with Crippen LogP contribution in [0.15, 0.2) is 24.4 Å². The Morgan fingerprint density at radius 2 is 2.15 bits per heavy atom. The van der Waals surface area contributed by atoms with Crippen LogP contribution in [0.3, 0.4) is 0 Å². The highest BCUT2D eigenvalue weighted by Gasteiger charge is 2.29. The molecule has 0 radical (unpaired) electrons. The average Bonchev–Trinajstić information content (AvgIpc) is 3.12. The topological polar surface area (TPSA) is 63.3 Å². The predicted octanol–water partition coefficient (Wildman–Crippen LogP) is 3.89. The van der Waals surface area contributed by atoms with Gasteiger partial charge in [-0.15, -0.1) is 0 Å². The number of methoxy groups -OCH3 is 1. The largest absolute Gasteiger partial charge is 0.497 e. The van der Waals surface area contributed by atoms with E-state index in [1.807, 2.05) is 6.07 Å². The number of rotatable bonds is 4. The number of aromatic nitrogens is 1. The first-order valence-corrected chi connectivity index (χ1v) is 9.81. The Morgan fingerprint density at radius 3 is 2.96 bits per heavy atom. The van der Waals surface area contributed by atoms with E-state index in [-0.39, 0.29) is 18.1 Å². The predicted molar refractivity (Wildman–Crippen MR) is 102 cm³/mol. The maximum Gasteiger partial charge on any atom is 0.249 e. The normalized spacial score (nSPS) is 26.6. The van der Waals surface area contributed by atoms with Crippen LogP contribution in [-0.4, -0.2) is 36.8 Å². The highest BCUT2D eigenvalue weighted by atomic mass is 16.5. The Balaban J connectivity index is 1.46. The number of hydrogen-bond acceptors (Lipinski definition) is 3. The molecule has 1 aromatic heterocycles. The zero-order valence-corrected chi connectivity index (χ0v) is 15.4. The molecule has 1 aromatic carbocycles. The van der Waals surface area contributed by atoms with Crippen molar-refractivity contribution in [3.05, 3.63) is 30.0 Å². The molecular weight excluding hydrogens is 328 g/mol. The van der Waals surface area contributed by atoms with Crippen molar-refractivity contribution in [2.45, 2.75) is 63.0 Å². The quantitative estimate of drug-likeness (QED) is 0.874. The van der Waals surface area contributed by atoms with Crippen LogP contribution in [0.1, 0.15) is 56.4 Å². The van der Waals surface area contributed by atoms with Gasteiger partial charge >= 0.3 is 0 Å². The number of hydrogen-bond donors (Lipinski definition) is 2. The van der Waals surface area contributed by atoms with Crippen LogP contribution in [0, 0.1) is 0 Å². The molecule has 1 aliphatic heterocycles. The molecule has 2 fully saturated rings. The van der Waals surface area contributed by atoms with Crippen LogP contribution < -0.4 is 10.1 Å². The molecule has 0 spiro atoms. The summed E-state index contributed by atoms with van der Waals surface area (Å²) in [7, 11) is 1.70. The average molecular weight is 356 g/mol. The van der Waals surface area contributed by atoms with Gasteiger partial charge in [0.1, 0.15) is 11.9 Å². The first-order chi connectivity index (χ1) is 12.7. The minimum absolute atomic E-state index is 0.0796. The summed E-state index contributed by atoms with van der Waals surface area (Å²) in [6.07, 6.45) is 9.23. The fourth-order valence-electron chi connectivity index (χ4n) is 4.43. The Morgan fingerprint density at radius 1 is 1.23 bits per heavy atom. The van der Waals surface area contributed by atoms with Gasteiger partial charge in [0.15, 0.2) is 0 Å². The number of amides is 1. The third kappa shape index (κ3) is 3.58. The molecule has 1 amide bonds. The molecule has 1 aliphatic carbocycles. The van der Waals surface area contributed by atoms with Crippen LogP contribution in [0.4, 0.5) is 0 Å². The lowest BCUT2D eigenvalue weighted by Gasteiger charge is -2.31. The van der Waals surface area contributed by atoms with Gasteiger partial charge in [-0.25, -0.2) is 0 Å². The summed E-state index contributed by atoms with van der Waals surface area (Å²) in [5, 5.41) is 4.49. The van der Waals surface area contributed by atoms with Gasteiger partial charge in [0, 0.05) is 29.7 Å². The van der Waals surface area contributed by atoms with Crippen LogP contribution in [-0.2, 0) is 9.53 Å². The second kappa shape index (κ2) is 7.70. The molecular formula is C21H28N2O3. The third-order valence-electron chi connectivity index (χ3n) is 5.85. The Hall–Kier alpha value is -2.01. The molecule has 3 atom stereocenters. The van der Waals surface area contributed by atoms with Crippen LogP contribution >= 0.6 is 0 Å². The lowest BCUT2D eigenvalue weighted by molar-refractivity contribution is -0.136. The summed E-state index contributed by atoms with van der Waals surface area (Å²) in [4.78, 5) is 15.9. The van der Waals surface area contributed by atoms with Gasteiger partial charge in [-0.3, -0.25) is 4.79 Å². The van der Waals surface area contributed by atoms with E-state index in [1.165, 1.54) is 10.9 Å². The zero-order chi connectivity index (χ0) is 17.9. The molecule has 5 heteroatoms. The summed E-state index contributed by atoms with van der Waals surface area (Å²) in [5.74, 6) is 1.42. The van der Waals surface area contributed by atoms with Crippen molar-refractivity contribution in [3.8, 4) is 5.75 Å². The summed E-state index contributed by atoms with van der Waals surface area (Å²) < 4.78 is 11.0. The minimum atomic E-state index is -0.249. The van der Waals surface area contributed by atoms with Gasteiger partial charge in [-0.2, -0.15) is 0 Å². The molecule has 2 N–H and O–H groups in total. The second-order valence-corrected chi connectivity index (χ2v) is 7.58. The summed E-state index contributed by atoms with van der Waals surface area (Å²) in [6, 6.07) is 6.40. The molecule has 2 heterocycles. The fourth-order valence-corrected chi connectivity index (χ4v) is 4.43. The number of H-pyrrole nitrogens is 1. The van der Waals surface area contributed by atoms with Crippen molar-refractivity contribution in [2.75, 3.05) is 13.7 Å². The highest BCUT2D eigenvalue weighted by Crippen LogP contribution is 2.37. The van der Waals surface area contributed by atoms with E-state index in [4.69, 9.17) is 9.47 Å². The molecule has 140 valence electrons. The van der Waals surface area contributed by atoms with E-state index in [2.05, 4.69) is 28.6 Å². The van der Waals surface area contributed by atoms with Crippen molar-refractivity contribution < 1.29 is 14.3 Å². The highest BCUT2D eigenvalue weighted by molar-refractivity contribution is 5.85. The number of fused-ring (bicyclic) bond motifs is 1. The van der Waals surface area contributed by atoms with E-state index >= 15 is 0 Å². The smallest absolute Gasteiger partial charge is 0.249 e. The van der Waals surface area contributed by atoms with Gasteiger partial charge in [-0.1, -0.05) is 6.42 Å². The number of aromatic amines is 1. The first kappa shape index (κ1) is 17.4. The van der Waals surface area contributed by atoms with Crippen molar-refractivity contribution in [1.82, 2.24) is 10.3 Å². The molecule has 2 aromatic rings. The fraction of sp³-hybridized carbons (Fsp3) is 0.571. The van der Waals surface area contributed by atoms with Gasteiger partial charge in [0.25, 0.3) is 0 Å². The van der Waals surface area contributed by atoms with E-state index < -0.39 is 0 Å². The molecule has 5 nitrogen and oxygen atoms in total. The van der Waals surface area contributed by atoms with Crippen LogP contribution in [0.2, 0.25) is 0 Å². The SMILES string of the molecule is COc1ccc2[nH]cc([C@@H]3CCC[C@H](NC(=O)[C@@H]4CCCCO4)C3)c2c1. The van der Waals surface area contributed by atoms with Crippen LogP contribution in [0.25, 0.3) is 10.9 Å². The molecule has 26 heavy (non-hydrogen) atoms. The standard InChI is InChI=1S/C21H28N2O3/c1-25-16-8-9-19-17(12-16)18(13-22-19)14-5-4-6-15(11-14)23-21(24)20-7-2-3-10-26-20/h8-9,12-15,20,22H,2-7,10-11H2,1H3,(H,23,24)/t14-,15+,20+/m1/s1. The van der Waals surface area contributed by atoms with E-state index in [9.17, 15) is 4.79 Å². The number of nitrogens with one attached hydrogen (secondary N) is 2. The Kier molecular flexibility index (Phi) is 5.16. The number of ether oxygens (including phenoxy) is 2. The molecule has 1 saturated carbocycles. The van der Waals surface area contributed by atoms with Crippen molar-refractivity contribution in [3.63, 3.8) is 0 Å². The molecule has 4 rings (SSSR count). The first-order valence-electron chi connectivity index (χ1n) is 9.81. The molecule has 2 aliphatic rings. The lowest BCUT2D eigenvalue weighted by atomic mass is 9.81. The Bertz CT molecular complexity index is 764. The van der Waals surface area contributed by atoms with Crippen LogP contribution in [0.5, 0.6) is 5.75 Å². The van der Waals surface area contributed by atoms with Gasteiger partial charge in [-0.05, 0) is 68.2 Å². The van der Waals surface area contributed by atoms with Crippen molar-refractivity contribution >= 4 is 16.8 Å². The maximum atomic E-state index is 12.5. The minimum Gasteiger partial charge on any atom is -0.497 e. The monoisotopic (exact) mass is 356 g/mol. The maximum absolute atomic E-state index is 12.5. The van der Waals surface area contributed by atoms with E-state index in [1.54, 1.807) is 7.11 Å². The van der Waals surface area contributed by atoms with E-state index in [0.717, 1.165) is 56.2 Å². The molecule has 0 bridgehead atoms. The molecule has 0 unspecified atom stereocenters. The zero-order valence-electron chi connectivity index (χ0n) is 15.4. The van der Waals surface area contributed by atoms with Crippen molar-refractivity contribution in [1.29, 1.82) is 0 Å². The van der Waals surface area contributed by atoms with Crippen molar-refractivity contribution in [2.24, 2.45) is 0 Å². The number of carbonyl (C=O) groups is 1.